The second-order valence-electron chi connectivity index (χ2n) is 7.71. The van der Waals surface area contributed by atoms with Crippen LogP contribution < -0.4 is 10.6 Å². The summed E-state index contributed by atoms with van der Waals surface area (Å²) in [5, 5.41) is 17.2. The summed E-state index contributed by atoms with van der Waals surface area (Å²) in [7, 11) is 1.81. The quantitative estimate of drug-likeness (QED) is 0.434. The fourth-order valence-electron chi connectivity index (χ4n) is 3.25. The number of hydrogen-bond acceptors (Lipinski definition) is 4. The van der Waals surface area contributed by atoms with Crippen molar-refractivity contribution in [2.45, 2.75) is 46.3 Å². The van der Waals surface area contributed by atoms with Gasteiger partial charge in [0.1, 0.15) is 17.1 Å². The van der Waals surface area contributed by atoms with E-state index in [9.17, 15) is 9.90 Å². The highest BCUT2D eigenvalue weighted by Crippen LogP contribution is 2.27. The first-order chi connectivity index (χ1) is 14.2. The Balaban J connectivity index is 1.88. The molecular weight excluding hydrogens is 380 g/mol. The third kappa shape index (κ3) is 6.91. The molecule has 7 heteroatoms. The number of carbonyl (C=O) groups is 1. The molecule has 0 radical (unpaired) electrons. The first-order valence-electron chi connectivity index (χ1n) is 10.3. The molecule has 0 saturated heterocycles. The summed E-state index contributed by atoms with van der Waals surface area (Å²) < 4.78 is 5.53. The molecule has 7 nitrogen and oxygen atoms in total. The summed E-state index contributed by atoms with van der Waals surface area (Å²) in [6.45, 7) is 9.27. The number of aryl methyl sites for hydroxylation is 2. The average molecular weight is 415 g/mol. The van der Waals surface area contributed by atoms with Gasteiger partial charge in [-0.15, -0.1) is 0 Å². The topological polar surface area (TPSA) is 90.1 Å². The van der Waals surface area contributed by atoms with Gasteiger partial charge in [0.15, 0.2) is 5.96 Å². The summed E-state index contributed by atoms with van der Waals surface area (Å²) in [6.07, 6.45) is 0.351. The van der Waals surface area contributed by atoms with E-state index in [4.69, 9.17) is 4.42 Å². The summed E-state index contributed by atoms with van der Waals surface area (Å²) >= 11 is 0. The maximum atomic E-state index is 12.4. The predicted molar refractivity (Wildman–Crippen MR) is 119 cm³/mol. The molecule has 0 saturated carbocycles. The van der Waals surface area contributed by atoms with Crippen molar-refractivity contribution in [1.82, 2.24) is 15.5 Å². The van der Waals surface area contributed by atoms with Crippen LogP contribution in [0.5, 0.6) is 0 Å². The standard InChI is InChI=1S/C23H34N4O3/c1-6-24-22(26-16-23(4,29)20-14-17(2)30-18(20)3)25-13-12-21(28)27(5)15-19-10-8-7-9-11-19/h7-11,14,29H,6,12-13,15-16H2,1-5H3,(H2,24,25,26). The molecule has 0 spiro atoms. The van der Waals surface area contributed by atoms with E-state index in [0.29, 0.717) is 37.8 Å². The first kappa shape index (κ1) is 23.5. The highest BCUT2D eigenvalue weighted by Gasteiger charge is 2.27. The summed E-state index contributed by atoms with van der Waals surface area (Å²) in [5.74, 6) is 2.07. The Morgan fingerprint density at radius 1 is 1.23 bits per heavy atom. The first-order valence-corrected chi connectivity index (χ1v) is 10.3. The maximum absolute atomic E-state index is 12.4. The van der Waals surface area contributed by atoms with Crippen LogP contribution >= 0.6 is 0 Å². The fraction of sp³-hybridized carbons (Fsp3) is 0.478. The number of benzene rings is 1. The molecule has 0 fully saturated rings. The zero-order chi connectivity index (χ0) is 22.1. The second kappa shape index (κ2) is 10.8. The molecule has 1 aromatic carbocycles. The van der Waals surface area contributed by atoms with Crippen LogP contribution in [0.3, 0.4) is 0 Å². The van der Waals surface area contributed by atoms with Gasteiger partial charge in [-0.05, 0) is 39.3 Å². The number of amides is 1. The molecular formula is C23H34N4O3. The molecule has 164 valence electrons. The van der Waals surface area contributed by atoms with Crippen LogP contribution in [-0.2, 0) is 16.9 Å². The van der Waals surface area contributed by atoms with E-state index in [1.165, 1.54) is 0 Å². The minimum absolute atomic E-state index is 0.0543. The van der Waals surface area contributed by atoms with Gasteiger partial charge in [-0.2, -0.15) is 0 Å². The number of nitrogens with zero attached hydrogens (tertiary/aromatic N) is 2. The summed E-state index contributed by atoms with van der Waals surface area (Å²) in [5.41, 5.74) is 0.691. The molecule has 1 amide bonds. The van der Waals surface area contributed by atoms with Gasteiger partial charge in [0.05, 0.1) is 6.54 Å². The van der Waals surface area contributed by atoms with Crippen molar-refractivity contribution in [3.05, 3.63) is 59.0 Å². The molecule has 1 aromatic heterocycles. The van der Waals surface area contributed by atoms with Crippen LogP contribution in [0.1, 0.15) is 42.9 Å². The zero-order valence-corrected chi connectivity index (χ0v) is 18.7. The zero-order valence-electron chi connectivity index (χ0n) is 18.7. The Hall–Kier alpha value is -2.80. The Morgan fingerprint density at radius 3 is 2.53 bits per heavy atom. The van der Waals surface area contributed by atoms with Gasteiger partial charge in [0, 0.05) is 38.7 Å². The number of guanidine groups is 1. The van der Waals surface area contributed by atoms with E-state index < -0.39 is 5.60 Å². The molecule has 1 heterocycles. The number of aliphatic imine (C=N–C) groups is 1. The third-order valence-electron chi connectivity index (χ3n) is 4.83. The second-order valence-corrected chi connectivity index (χ2v) is 7.71. The largest absolute Gasteiger partial charge is 0.466 e. The van der Waals surface area contributed by atoms with Crippen LogP contribution in [0.15, 0.2) is 45.8 Å². The highest BCUT2D eigenvalue weighted by atomic mass is 16.3. The molecule has 0 aliphatic carbocycles. The van der Waals surface area contributed by atoms with Crippen LogP contribution in [0.4, 0.5) is 0 Å². The highest BCUT2D eigenvalue weighted by molar-refractivity contribution is 5.81. The van der Waals surface area contributed by atoms with E-state index in [2.05, 4.69) is 15.6 Å². The number of rotatable bonds is 9. The van der Waals surface area contributed by atoms with Gasteiger partial charge < -0.3 is 25.1 Å². The van der Waals surface area contributed by atoms with E-state index in [-0.39, 0.29) is 12.5 Å². The van der Waals surface area contributed by atoms with Crippen LogP contribution in [0.2, 0.25) is 0 Å². The number of furan rings is 1. The lowest BCUT2D eigenvalue weighted by Gasteiger charge is -2.22. The van der Waals surface area contributed by atoms with E-state index in [1.807, 2.05) is 57.2 Å². The van der Waals surface area contributed by atoms with E-state index >= 15 is 0 Å². The van der Waals surface area contributed by atoms with Gasteiger partial charge in [0.2, 0.25) is 5.91 Å². The van der Waals surface area contributed by atoms with Crippen molar-refractivity contribution in [1.29, 1.82) is 0 Å². The monoisotopic (exact) mass is 414 g/mol. The molecule has 30 heavy (non-hydrogen) atoms. The third-order valence-corrected chi connectivity index (χ3v) is 4.83. The Morgan fingerprint density at radius 2 is 1.93 bits per heavy atom. The number of carbonyl (C=O) groups excluding carboxylic acids is 1. The lowest BCUT2D eigenvalue weighted by molar-refractivity contribution is -0.130. The Kier molecular flexibility index (Phi) is 8.47. The fourth-order valence-corrected chi connectivity index (χ4v) is 3.25. The van der Waals surface area contributed by atoms with Crippen molar-refractivity contribution >= 4 is 11.9 Å². The van der Waals surface area contributed by atoms with Crippen molar-refractivity contribution in [3.63, 3.8) is 0 Å². The van der Waals surface area contributed by atoms with Crippen LogP contribution in [0.25, 0.3) is 0 Å². The molecule has 0 bridgehead atoms. The molecule has 0 aliphatic rings. The van der Waals surface area contributed by atoms with Gasteiger partial charge in [-0.3, -0.25) is 4.79 Å². The van der Waals surface area contributed by atoms with Gasteiger partial charge in [0.25, 0.3) is 0 Å². The number of hydrogen-bond donors (Lipinski definition) is 3. The molecule has 0 aliphatic heterocycles. The number of nitrogens with one attached hydrogen (secondary N) is 2. The van der Waals surface area contributed by atoms with Gasteiger partial charge in [-0.1, -0.05) is 30.3 Å². The Bertz CT molecular complexity index is 843. The predicted octanol–water partition coefficient (Wildman–Crippen LogP) is 2.71. The molecule has 2 aromatic rings. The molecule has 2 rings (SSSR count). The van der Waals surface area contributed by atoms with Gasteiger partial charge in [-0.25, -0.2) is 4.99 Å². The molecule has 1 unspecified atom stereocenters. The van der Waals surface area contributed by atoms with Crippen molar-refractivity contribution in [3.8, 4) is 0 Å². The molecule has 3 N–H and O–H groups in total. The van der Waals surface area contributed by atoms with Crippen molar-refractivity contribution < 1.29 is 14.3 Å². The lowest BCUT2D eigenvalue weighted by atomic mass is 9.96. The van der Waals surface area contributed by atoms with E-state index in [1.54, 1.807) is 18.9 Å². The SMILES string of the molecule is CCNC(=NCC(C)(O)c1cc(C)oc1C)NCCC(=O)N(C)Cc1ccccc1. The van der Waals surface area contributed by atoms with E-state index in [0.717, 1.165) is 16.9 Å². The summed E-state index contributed by atoms with van der Waals surface area (Å²) in [4.78, 5) is 18.6. The normalized spacial score (nSPS) is 13.6. The maximum Gasteiger partial charge on any atom is 0.224 e. The Labute approximate surface area is 179 Å². The smallest absolute Gasteiger partial charge is 0.224 e. The minimum atomic E-state index is -1.14. The minimum Gasteiger partial charge on any atom is -0.466 e. The van der Waals surface area contributed by atoms with Crippen LogP contribution in [-0.4, -0.2) is 48.6 Å². The summed E-state index contributed by atoms with van der Waals surface area (Å²) in [6, 6.07) is 11.8. The average Bonchev–Trinajstić information content (AvgIpc) is 3.05. The van der Waals surface area contributed by atoms with Gasteiger partial charge >= 0.3 is 0 Å². The van der Waals surface area contributed by atoms with Crippen molar-refractivity contribution in [2.75, 3.05) is 26.7 Å². The van der Waals surface area contributed by atoms with Crippen molar-refractivity contribution in [2.24, 2.45) is 4.99 Å². The lowest BCUT2D eigenvalue weighted by Crippen LogP contribution is -2.40. The number of aliphatic hydroxyl groups is 1. The van der Waals surface area contributed by atoms with Crippen LogP contribution in [0, 0.1) is 13.8 Å². The molecule has 1 atom stereocenters.